The topological polar surface area (TPSA) is 8.17 Å². The molecule has 0 atom stereocenters. The van der Waals surface area contributed by atoms with E-state index in [1.54, 1.807) is 0 Å². The van der Waals surface area contributed by atoms with E-state index in [1.165, 1.54) is 66.3 Å². The Hall–Kier alpha value is -7.42. The van der Waals surface area contributed by atoms with Gasteiger partial charge in [0.15, 0.2) is 0 Å². The van der Waals surface area contributed by atoms with Crippen LogP contribution in [0.1, 0.15) is 0 Å². The number of anilines is 3. The predicted molar refractivity (Wildman–Crippen MR) is 237 cm³/mol. The average Bonchev–Trinajstić information content (AvgIpc) is 3.62. The van der Waals surface area contributed by atoms with Gasteiger partial charge in [0, 0.05) is 33.5 Å². The molecule has 264 valence electrons. The number of rotatable bonds is 8. The molecule has 2 nitrogen and oxygen atoms in total. The summed E-state index contributed by atoms with van der Waals surface area (Å²) >= 11 is 0. The van der Waals surface area contributed by atoms with Crippen LogP contribution in [0.25, 0.3) is 72.0 Å². The summed E-state index contributed by atoms with van der Waals surface area (Å²) < 4.78 is 2.37. The monoisotopic (exact) mass is 714 g/mol. The summed E-state index contributed by atoms with van der Waals surface area (Å²) in [6, 6.07) is 82.9. The van der Waals surface area contributed by atoms with Crippen LogP contribution in [0.5, 0.6) is 0 Å². The van der Waals surface area contributed by atoms with Crippen LogP contribution in [0.2, 0.25) is 0 Å². The Kier molecular flexibility index (Phi) is 8.55. The van der Waals surface area contributed by atoms with Crippen molar-refractivity contribution in [1.82, 2.24) is 4.57 Å². The van der Waals surface area contributed by atoms with Crippen molar-refractivity contribution in [3.8, 4) is 50.2 Å². The third-order valence-electron chi connectivity index (χ3n) is 10.8. The fourth-order valence-corrected chi connectivity index (χ4v) is 8.08. The molecule has 0 amide bonds. The molecular weight excluding hydrogens is 677 g/mol. The van der Waals surface area contributed by atoms with Crippen LogP contribution in [0.4, 0.5) is 17.1 Å². The third-order valence-corrected chi connectivity index (χ3v) is 10.8. The Morgan fingerprint density at radius 1 is 0.250 bits per heavy atom. The van der Waals surface area contributed by atoms with Gasteiger partial charge in [0.05, 0.1) is 11.0 Å². The Morgan fingerprint density at radius 3 is 1.04 bits per heavy atom. The summed E-state index contributed by atoms with van der Waals surface area (Å²) in [7, 11) is 0. The summed E-state index contributed by atoms with van der Waals surface area (Å²) in [5, 5.41) is 2.54. The number of hydrogen-bond acceptors (Lipinski definition) is 1. The number of para-hydroxylation sites is 2. The predicted octanol–water partition coefficient (Wildman–Crippen LogP) is 14.9. The Labute approximate surface area is 327 Å². The van der Waals surface area contributed by atoms with Gasteiger partial charge in [-0.1, -0.05) is 170 Å². The lowest BCUT2D eigenvalue weighted by Crippen LogP contribution is -2.09. The van der Waals surface area contributed by atoms with Crippen molar-refractivity contribution in [3.05, 3.63) is 231 Å². The van der Waals surface area contributed by atoms with Crippen molar-refractivity contribution in [2.45, 2.75) is 0 Å². The highest BCUT2D eigenvalue weighted by Gasteiger charge is 2.16. The Morgan fingerprint density at radius 2 is 0.571 bits per heavy atom. The maximum Gasteiger partial charge on any atom is 0.0541 e. The van der Waals surface area contributed by atoms with Gasteiger partial charge in [-0.05, 0) is 105 Å². The Bertz CT molecular complexity index is 2850. The van der Waals surface area contributed by atoms with Crippen molar-refractivity contribution in [3.63, 3.8) is 0 Å². The van der Waals surface area contributed by atoms with Gasteiger partial charge in [-0.2, -0.15) is 0 Å². The summed E-state index contributed by atoms with van der Waals surface area (Å²) in [6.07, 6.45) is 0. The van der Waals surface area contributed by atoms with Crippen LogP contribution in [-0.4, -0.2) is 4.57 Å². The molecule has 0 bridgehead atoms. The SMILES string of the molecule is c1ccc(-c2ccc(N(c3ccc(-c4ccc(-n5c6ccccc6c6ccccc65)cc4)cc3)c3ccc(-c4ccccc4-c4ccccc4)cc3)cc2)cc1. The number of hydrogen-bond donors (Lipinski definition) is 0. The fourth-order valence-electron chi connectivity index (χ4n) is 8.08. The zero-order valence-corrected chi connectivity index (χ0v) is 30.8. The number of fused-ring (bicyclic) bond motifs is 3. The first-order valence-corrected chi connectivity index (χ1v) is 19.2. The summed E-state index contributed by atoms with van der Waals surface area (Å²) in [5.74, 6) is 0. The highest BCUT2D eigenvalue weighted by Crippen LogP contribution is 2.39. The first kappa shape index (κ1) is 33.2. The highest BCUT2D eigenvalue weighted by atomic mass is 15.1. The van der Waals surface area contributed by atoms with Gasteiger partial charge in [-0.3, -0.25) is 0 Å². The lowest BCUT2D eigenvalue weighted by Gasteiger charge is -2.26. The van der Waals surface area contributed by atoms with E-state index in [0.29, 0.717) is 0 Å². The maximum atomic E-state index is 2.37. The van der Waals surface area contributed by atoms with Crippen LogP contribution in [0.3, 0.4) is 0 Å². The second-order valence-electron chi connectivity index (χ2n) is 14.2. The van der Waals surface area contributed by atoms with Crippen LogP contribution in [0, 0.1) is 0 Å². The number of aromatic nitrogens is 1. The first-order valence-electron chi connectivity index (χ1n) is 19.2. The molecule has 0 aliphatic carbocycles. The lowest BCUT2D eigenvalue weighted by molar-refractivity contribution is 1.18. The molecule has 10 aromatic rings. The molecule has 0 spiro atoms. The summed E-state index contributed by atoms with van der Waals surface area (Å²) in [5.41, 5.74) is 16.5. The Balaban J connectivity index is 0.994. The van der Waals surface area contributed by atoms with E-state index < -0.39 is 0 Å². The van der Waals surface area contributed by atoms with Crippen molar-refractivity contribution in [1.29, 1.82) is 0 Å². The van der Waals surface area contributed by atoms with Crippen molar-refractivity contribution in [2.24, 2.45) is 0 Å². The second kappa shape index (κ2) is 14.4. The molecule has 1 aromatic heterocycles. The molecule has 1 heterocycles. The van der Waals surface area contributed by atoms with Crippen LogP contribution < -0.4 is 4.90 Å². The quantitative estimate of drug-likeness (QED) is 0.152. The van der Waals surface area contributed by atoms with E-state index in [0.717, 1.165) is 22.7 Å². The van der Waals surface area contributed by atoms with E-state index in [-0.39, 0.29) is 0 Å². The molecule has 10 rings (SSSR count). The second-order valence-corrected chi connectivity index (χ2v) is 14.2. The van der Waals surface area contributed by atoms with Crippen molar-refractivity contribution >= 4 is 38.9 Å². The third kappa shape index (κ3) is 6.14. The molecule has 0 saturated carbocycles. The zero-order chi connectivity index (χ0) is 37.3. The zero-order valence-electron chi connectivity index (χ0n) is 30.8. The van der Waals surface area contributed by atoms with E-state index in [1.807, 2.05) is 0 Å². The normalized spacial score (nSPS) is 11.2. The smallest absolute Gasteiger partial charge is 0.0541 e. The largest absolute Gasteiger partial charge is 0.311 e. The lowest BCUT2D eigenvalue weighted by atomic mass is 9.94. The van der Waals surface area contributed by atoms with Gasteiger partial charge in [0.25, 0.3) is 0 Å². The van der Waals surface area contributed by atoms with Gasteiger partial charge in [-0.15, -0.1) is 0 Å². The molecule has 0 N–H and O–H groups in total. The van der Waals surface area contributed by atoms with E-state index in [2.05, 4.69) is 240 Å². The summed E-state index contributed by atoms with van der Waals surface area (Å²) in [6.45, 7) is 0. The van der Waals surface area contributed by atoms with Gasteiger partial charge >= 0.3 is 0 Å². The highest BCUT2D eigenvalue weighted by molar-refractivity contribution is 6.09. The van der Waals surface area contributed by atoms with Gasteiger partial charge < -0.3 is 9.47 Å². The average molecular weight is 715 g/mol. The van der Waals surface area contributed by atoms with Gasteiger partial charge in [0.1, 0.15) is 0 Å². The molecule has 0 aliphatic rings. The minimum Gasteiger partial charge on any atom is -0.311 e. The van der Waals surface area contributed by atoms with E-state index in [9.17, 15) is 0 Å². The van der Waals surface area contributed by atoms with E-state index >= 15 is 0 Å². The van der Waals surface area contributed by atoms with Gasteiger partial charge in [0.2, 0.25) is 0 Å². The molecule has 0 aliphatic heterocycles. The van der Waals surface area contributed by atoms with Crippen molar-refractivity contribution in [2.75, 3.05) is 4.90 Å². The number of nitrogens with zero attached hydrogens (tertiary/aromatic N) is 2. The molecule has 0 fully saturated rings. The standard InChI is InChI=1S/C54H38N2/c1-3-13-39(14-4-1)40-23-31-45(32-24-40)55(47-37-29-44(30-38-47)50-18-8-7-17-49(50)43-15-5-2-6-16-43)46-33-25-41(26-34-46)42-27-35-48(36-28-42)56-53-21-11-9-19-51(53)52-20-10-12-22-54(52)56/h1-38H. The van der Waals surface area contributed by atoms with E-state index in [4.69, 9.17) is 0 Å². The minimum atomic E-state index is 1.10. The van der Waals surface area contributed by atoms with Crippen LogP contribution in [-0.2, 0) is 0 Å². The minimum absolute atomic E-state index is 1.10. The van der Waals surface area contributed by atoms with Crippen LogP contribution >= 0.6 is 0 Å². The molecular formula is C54H38N2. The molecule has 0 unspecified atom stereocenters. The summed E-state index contributed by atoms with van der Waals surface area (Å²) in [4.78, 5) is 2.34. The molecule has 0 saturated heterocycles. The fraction of sp³-hybridized carbons (Fsp3) is 0. The van der Waals surface area contributed by atoms with Crippen LogP contribution in [0.15, 0.2) is 231 Å². The molecule has 9 aromatic carbocycles. The molecule has 0 radical (unpaired) electrons. The number of benzene rings is 9. The first-order chi connectivity index (χ1) is 27.8. The molecule has 2 heteroatoms. The van der Waals surface area contributed by atoms with Crippen molar-refractivity contribution < 1.29 is 0 Å². The maximum absolute atomic E-state index is 2.37. The molecule has 56 heavy (non-hydrogen) atoms. The van der Waals surface area contributed by atoms with Gasteiger partial charge in [-0.25, -0.2) is 0 Å².